The van der Waals surface area contributed by atoms with Crippen molar-refractivity contribution in [2.24, 2.45) is 12.0 Å². The van der Waals surface area contributed by atoms with Gasteiger partial charge in [-0.25, -0.2) is 0 Å². The van der Waals surface area contributed by atoms with Gasteiger partial charge in [0.2, 0.25) is 0 Å². The van der Waals surface area contributed by atoms with Crippen LogP contribution < -0.4 is 5.32 Å². The first-order chi connectivity index (χ1) is 9.15. The summed E-state index contributed by atoms with van der Waals surface area (Å²) in [6.07, 6.45) is 0. The number of carbonyl (C=O) groups is 1. The smallest absolute Gasteiger partial charge is 0.273 e. The third-order valence-electron chi connectivity index (χ3n) is 3.24. The maximum absolute atomic E-state index is 12.2. The molecule has 1 aliphatic heterocycles. The average molecular weight is 273 g/mol. The number of carbonyl (C=O) groups excluding carboxylic acids is 1. The Labute approximate surface area is 115 Å². The summed E-state index contributed by atoms with van der Waals surface area (Å²) in [5.41, 5.74) is 2.93. The molecule has 2 aromatic rings. The molecule has 2 heterocycles. The molecule has 1 aromatic heterocycles. The Morgan fingerprint density at radius 3 is 3.00 bits per heavy atom. The number of aliphatic imine (C=N–C) groups is 1. The van der Waals surface area contributed by atoms with Crippen LogP contribution in [0, 0.1) is 6.92 Å². The molecule has 3 rings (SSSR count). The van der Waals surface area contributed by atoms with Crippen molar-refractivity contribution < 1.29 is 4.79 Å². The molecule has 1 N–H and O–H groups in total. The van der Waals surface area contributed by atoms with Crippen molar-refractivity contribution >= 4 is 33.7 Å². The number of aryl methyl sites for hydroxylation is 2. The Bertz CT molecular complexity index is 687. The molecule has 0 unspecified atom stereocenters. The zero-order valence-corrected chi connectivity index (χ0v) is 11.8. The van der Waals surface area contributed by atoms with Gasteiger partial charge in [-0.1, -0.05) is 23.9 Å². The highest BCUT2D eigenvalue weighted by Crippen LogP contribution is 2.20. The third-order valence-corrected chi connectivity index (χ3v) is 4.13. The highest BCUT2D eigenvalue weighted by molar-refractivity contribution is 8.14. The van der Waals surface area contributed by atoms with Crippen LogP contribution in [0.3, 0.4) is 0 Å². The van der Waals surface area contributed by atoms with Gasteiger partial charge >= 0.3 is 0 Å². The second-order valence-electron chi connectivity index (χ2n) is 4.64. The van der Waals surface area contributed by atoms with E-state index in [1.54, 1.807) is 11.8 Å². The molecule has 0 fully saturated rings. The number of aromatic nitrogens is 1. The summed E-state index contributed by atoms with van der Waals surface area (Å²) < 4.78 is 1.93. The summed E-state index contributed by atoms with van der Waals surface area (Å²) in [7, 11) is 1.92. The number of nitrogens with zero attached hydrogens (tertiary/aromatic N) is 2. The highest BCUT2D eigenvalue weighted by Gasteiger charge is 2.16. The van der Waals surface area contributed by atoms with Crippen LogP contribution in [0.15, 0.2) is 29.3 Å². The van der Waals surface area contributed by atoms with Crippen molar-refractivity contribution in [3.63, 3.8) is 0 Å². The summed E-state index contributed by atoms with van der Waals surface area (Å²) in [5, 5.41) is 4.68. The zero-order chi connectivity index (χ0) is 13.4. The van der Waals surface area contributed by atoms with E-state index in [1.807, 2.05) is 23.7 Å². The molecule has 0 bridgehead atoms. The normalized spacial score (nSPS) is 14.7. The van der Waals surface area contributed by atoms with Gasteiger partial charge in [0.25, 0.3) is 5.91 Å². The van der Waals surface area contributed by atoms with Crippen LogP contribution in [0.25, 0.3) is 10.9 Å². The molecule has 98 valence electrons. The number of amidine groups is 1. The maximum atomic E-state index is 12.2. The molecule has 1 aliphatic rings. The van der Waals surface area contributed by atoms with Gasteiger partial charge in [0.1, 0.15) is 5.69 Å². The monoisotopic (exact) mass is 273 g/mol. The number of hydrogen-bond acceptors (Lipinski definition) is 3. The van der Waals surface area contributed by atoms with Gasteiger partial charge < -0.3 is 9.88 Å². The minimum Gasteiger partial charge on any atom is -0.340 e. The first-order valence-corrected chi connectivity index (χ1v) is 7.18. The van der Waals surface area contributed by atoms with E-state index >= 15 is 0 Å². The van der Waals surface area contributed by atoms with Crippen molar-refractivity contribution in [1.29, 1.82) is 0 Å². The van der Waals surface area contributed by atoms with E-state index in [0.717, 1.165) is 28.4 Å². The van der Waals surface area contributed by atoms with Gasteiger partial charge in [-0.05, 0) is 24.6 Å². The van der Waals surface area contributed by atoms with Gasteiger partial charge in [0.15, 0.2) is 5.17 Å². The SMILES string of the molecule is Cc1ccc2cc(C(=O)NC3=NCCS3)n(C)c2c1. The predicted molar refractivity (Wildman–Crippen MR) is 79.9 cm³/mol. The van der Waals surface area contributed by atoms with Crippen LogP contribution in [0.2, 0.25) is 0 Å². The Morgan fingerprint density at radius 2 is 2.26 bits per heavy atom. The van der Waals surface area contributed by atoms with Crippen LogP contribution in [0.4, 0.5) is 0 Å². The van der Waals surface area contributed by atoms with Crippen LogP contribution >= 0.6 is 11.8 Å². The Hall–Kier alpha value is -1.75. The van der Waals surface area contributed by atoms with E-state index in [-0.39, 0.29) is 5.91 Å². The second kappa shape index (κ2) is 4.74. The fourth-order valence-corrected chi connectivity index (χ4v) is 2.95. The molecule has 19 heavy (non-hydrogen) atoms. The lowest BCUT2D eigenvalue weighted by Gasteiger charge is -2.05. The lowest BCUT2D eigenvalue weighted by Crippen LogP contribution is -2.28. The minimum atomic E-state index is -0.0931. The predicted octanol–water partition coefficient (Wildman–Crippen LogP) is 2.32. The molecule has 4 nitrogen and oxygen atoms in total. The average Bonchev–Trinajstić information content (AvgIpc) is 2.98. The van der Waals surface area contributed by atoms with E-state index in [2.05, 4.69) is 29.4 Å². The number of hydrogen-bond donors (Lipinski definition) is 1. The second-order valence-corrected chi connectivity index (χ2v) is 5.72. The Kier molecular flexibility index (Phi) is 3.06. The molecule has 0 spiro atoms. The van der Waals surface area contributed by atoms with Gasteiger partial charge in [0, 0.05) is 23.7 Å². The summed E-state index contributed by atoms with van der Waals surface area (Å²) in [4.78, 5) is 16.5. The Morgan fingerprint density at radius 1 is 1.42 bits per heavy atom. The number of rotatable bonds is 1. The quantitative estimate of drug-likeness (QED) is 0.866. The van der Waals surface area contributed by atoms with E-state index in [0.29, 0.717) is 5.69 Å². The van der Waals surface area contributed by atoms with Crippen molar-refractivity contribution in [2.45, 2.75) is 6.92 Å². The number of benzene rings is 1. The summed E-state index contributed by atoms with van der Waals surface area (Å²) >= 11 is 1.59. The largest absolute Gasteiger partial charge is 0.340 e. The van der Waals surface area contributed by atoms with E-state index in [1.165, 1.54) is 5.56 Å². The summed E-state index contributed by atoms with van der Waals surface area (Å²) in [5.74, 6) is 0.855. The van der Waals surface area contributed by atoms with E-state index < -0.39 is 0 Å². The zero-order valence-electron chi connectivity index (χ0n) is 10.9. The molecule has 0 atom stereocenters. The van der Waals surface area contributed by atoms with Gasteiger partial charge in [-0.15, -0.1) is 0 Å². The third kappa shape index (κ3) is 2.26. The topological polar surface area (TPSA) is 46.4 Å². The standard InChI is InChI=1S/C14H15N3OS/c1-9-3-4-10-8-12(17(2)11(10)7-9)13(18)16-14-15-5-6-19-14/h3-4,7-8H,5-6H2,1-2H3,(H,15,16,18). The number of fused-ring (bicyclic) bond motifs is 1. The summed E-state index contributed by atoms with van der Waals surface area (Å²) in [6.45, 7) is 2.84. The lowest BCUT2D eigenvalue weighted by molar-refractivity contribution is 0.0970. The van der Waals surface area contributed by atoms with Crippen molar-refractivity contribution in [3.05, 3.63) is 35.5 Å². The first-order valence-electron chi connectivity index (χ1n) is 6.20. The summed E-state index contributed by atoms with van der Waals surface area (Å²) in [6, 6.07) is 8.11. The van der Waals surface area contributed by atoms with Gasteiger partial charge in [-0.3, -0.25) is 9.79 Å². The van der Waals surface area contributed by atoms with Crippen molar-refractivity contribution in [3.8, 4) is 0 Å². The number of thioether (sulfide) groups is 1. The fourth-order valence-electron chi connectivity index (χ4n) is 2.23. The molecular formula is C14H15N3OS. The van der Waals surface area contributed by atoms with E-state index in [4.69, 9.17) is 0 Å². The van der Waals surface area contributed by atoms with Crippen LogP contribution in [0.5, 0.6) is 0 Å². The van der Waals surface area contributed by atoms with Gasteiger partial charge in [0.05, 0.1) is 6.54 Å². The first kappa shape index (κ1) is 12.3. The molecule has 0 aliphatic carbocycles. The number of amides is 1. The maximum Gasteiger partial charge on any atom is 0.273 e. The Balaban J connectivity index is 1.95. The molecule has 1 amide bonds. The molecule has 0 saturated carbocycles. The molecular weight excluding hydrogens is 258 g/mol. The fraction of sp³-hybridized carbons (Fsp3) is 0.286. The van der Waals surface area contributed by atoms with Crippen LogP contribution in [-0.4, -0.2) is 27.9 Å². The lowest BCUT2D eigenvalue weighted by atomic mass is 10.2. The molecule has 5 heteroatoms. The van der Waals surface area contributed by atoms with Crippen LogP contribution in [0.1, 0.15) is 16.1 Å². The highest BCUT2D eigenvalue weighted by atomic mass is 32.2. The van der Waals surface area contributed by atoms with Crippen molar-refractivity contribution in [2.75, 3.05) is 12.3 Å². The van der Waals surface area contributed by atoms with Gasteiger partial charge in [-0.2, -0.15) is 0 Å². The number of nitrogens with one attached hydrogen (secondary N) is 1. The van der Waals surface area contributed by atoms with Crippen LogP contribution in [-0.2, 0) is 7.05 Å². The molecule has 0 saturated heterocycles. The minimum absolute atomic E-state index is 0.0931. The molecule has 1 aromatic carbocycles. The van der Waals surface area contributed by atoms with Crippen molar-refractivity contribution in [1.82, 2.24) is 9.88 Å². The molecule has 0 radical (unpaired) electrons. The van der Waals surface area contributed by atoms with E-state index in [9.17, 15) is 4.79 Å².